The van der Waals surface area contributed by atoms with Gasteiger partial charge in [-0.25, -0.2) is 0 Å². The van der Waals surface area contributed by atoms with Gasteiger partial charge in [-0.3, -0.25) is 0 Å². The molecule has 1 aromatic rings. The fourth-order valence-corrected chi connectivity index (χ4v) is 1.56. The van der Waals surface area contributed by atoms with Crippen LogP contribution in [0.4, 0.5) is 18.9 Å². The largest absolute Gasteiger partial charge is 0.405 e. The summed E-state index contributed by atoms with van der Waals surface area (Å²) in [6.45, 7) is -1.08. The van der Waals surface area contributed by atoms with Crippen molar-refractivity contribution < 1.29 is 13.2 Å². The lowest BCUT2D eigenvalue weighted by atomic mass is 10.2. The Balaban J connectivity index is 2.93. The maximum atomic E-state index is 12.1. The van der Waals surface area contributed by atoms with E-state index in [4.69, 9.17) is 16.9 Å². The van der Waals surface area contributed by atoms with Crippen LogP contribution in [0.15, 0.2) is 18.2 Å². The first-order chi connectivity index (χ1) is 7.33. The summed E-state index contributed by atoms with van der Waals surface area (Å²) in [7, 11) is 1.29. The Morgan fingerprint density at radius 3 is 2.50 bits per heavy atom. The van der Waals surface area contributed by atoms with Crippen LogP contribution in [-0.4, -0.2) is 19.8 Å². The summed E-state index contributed by atoms with van der Waals surface area (Å²) in [6, 6.07) is 6.01. The average Bonchev–Trinajstić information content (AvgIpc) is 2.14. The molecule has 0 radical (unpaired) electrons. The minimum atomic E-state index is -4.29. The second-order valence-electron chi connectivity index (χ2n) is 3.25. The highest BCUT2D eigenvalue weighted by atomic mass is 35.5. The summed E-state index contributed by atoms with van der Waals surface area (Å²) in [5, 5.41) is 8.71. The summed E-state index contributed by atoms with van der Waals surface area (Å²) in [5.41, 5.74) is 0.562. The zero-order valence-electron chi connectivity index (χ0n) is 8.35. The molecule has 0 atom stereocenters. The van der Waals surface area contributed by atoms with Gasteiger partial charge in [0.2, 0.25) is 0 Å². The van der Waals surface area contributed by atoms with Gasteiger partial charge in [0.15, 0.2) is 0 Å². The molecule has 0 heterocycles. The van der Waals surface area contributed by atoms with Crippen LogP contribution in [0.1, 0.15) is 5.56 Å². The summed E-state index contributed by atoms with van der Waals surface area (Å²) in [6.07, 6.45) is -4.29. The highest BCUT2D eigenvalue weighted by Crippen LogP contribution is 2.28. The van der Waals surface area contributed by atoms with E-state index < -0.39 is 12.7 Å². The lowest BCUT2D eigenvalue weighted by Crippen LogP contribution is -2.30. The van der Waals surface area contributed by atoms with Crippen molar-refractivity contribution in [3.05, 3.63) is 28.8 Å². The maximum Gasteiger partial charge on any atom is 0.405 e. The van der Waals surface area contributed by atoms with Gasteiger partial charge in [0.1, 0.15) is 6.54 Å². The quantitative estimate of drug-likeness (QED) is 0.804. The number of alkyl halides is 3. The van der Waals surface area contributed by atoms with Gasteiger partial charge in [0, 0.05) is 7.05 Å². The Morgan fingerprint density at radius 2 is 2.06 bits per heavy atom. The van der Waals surface area contributed by atoms with E-state index in [1.807, 2.05) is 6.07 Å². The first-order valence-electron chi connectivity index (χ1n) is 4.31. The monoisotopic (exact) mass is 248 g/mol. The van der Waals surface area contributed by atoms with Crippen molar-refractivity contribution in [3.63, 3.8) is 0 Å². The molecule has 0 saturated carbocycles. The fraction of sp³-hybridized carbons (Fsp3) is 0.300. The average molecular weight is 249 g/mol. The molecule has 16 heavy (non-hydrogen) atoms. The van der Waals surface area contributed by atoms with Crippen LogP contribution in [0.5, 0.6) is 0 Å². The second kappa shape index (κ2) is 4.62. The number of hydrogen-bond donors (Lipinski definition) is 0. The number of rotatable bonds is 2. The van der Waals surface area contributed by atoms with E-state index in [2.05, 4.69) is 0 Å². The molecule has 0 aromatic heterocycles. The first-order valence-corrected chi connectivity index (χ1v) is 4.69. The van der Waals surface area contributed by atoms with Crippen molar-refractivity contribution in [1.82, 2.24) is 0 Å². The van der Waals surface area contributed by atoms with Crippen molar-refractivity contribution >= 4 is 17.3 Å². The van der Waals surface area contributed by atoms with Gasteiger partial charge in [-0.15, -0.1) is 0 Å². The molecule has 86 valence electrons. The molecule has 0 unspecified atom stereocenters. The molecule has 2 nitrogen and oxygen atoms in total. The van der Waals surface area contributed by atoms with E-state index in [1.54, 1.807) is 0 Å². The molecule has 0 aliphatic rings. The number of nitriles is 1. The molecule has 0 amide bonds. The molecule has 0 aliphatic carbocycles. The molecule has 0 spiro atoms. The van der Waals surface area contributed by atoms with E-state index in [0.717, 1.165) is 4.90 Å². The van der Waals surface area contributed by atoms with E-state index in [9.17, 15) is 13.2 Å². The lowest BCUT2D eigenvalue weighted by Gasteiger charge is -2.21. The molecular formula is C10H8ClF3N2. The smallest absolute Gasteiger partial charge is 0.365 e. The summed E-state index contributed by atoms with van der Waals surface area (Å²) >= 11 is 5.77. The number of hydrogen-bond acceptors (Lipinski definition) is 2. The van der Waals surface area contributed by atoms with Gasteiger partial charge in [-0.2, -0.15) is 18.4 Å². The number of anilines is 1. The molecule has 0 bridgehead atoms. The van der Waals surface area contributed by atoms with E-state index in [0.29, 0.717) is 5.56 Å². The molecule has 0 N–H and O–H groups in total. The van der Waals surface area contributed by atoms with Gasteiger partial charge in [-0.1, -0.05) is 11.6 Å². The number of nitrogens with zero attached hydrogens (tertiary/aromatic N) is 2. The zero-order chi connectivity index (χ0) is 12.3. The van der Waals surface area contributed by atoms with Crippen LogP contribution < -0.4 is 4.90 Å². The SMILES string of the molecule is CN(CC(F)(F)F)c1ccc(C#N)cc1Cl. The normalized spacial score (nSPS) is 11.0. The van der Waals surface area contributed by atoms with Crippen LogP contribution in [0, 0.1) is 11.3 Å². The molecule has 0 saturated heterocycles. The fourth-order valence-electron chi connectivity index (χ4n) is 1.24. The minimum absolute atomic E-state index is 0.130. The van der Waals surface area contributed by atoms with Crippen molar-refractivity contribution in [1.29, 1.82) is 5.26 Å². The maximum absolute atomic E-state index is 12.1. The zero-order valence-corrected chi connectivity index (χ0v) is 9.10. The van der Waals surface area contributed by atoms with Crippen molar-refractivity contribution in [3.8, 4) is 6.07 Å². The van der Waals surface area contributed by atoms with Crippen molar-refractivity contribution in [2.24, 2.45) is 0 Å². The van der Waals surface area contributed by atoms with Crippen molar-refractivity contribution in [2.45, 2.75) is 6.18 Å². The number of benzene rings is 1. The summed E-state index contributed by atoms with van der Waals surface area (Å²) in [4.78, 5) is 0.990. The highest BCUT2D eigenvalue weighted by Gasteiger charge is 2.29. The van der Waals surface area contributed by atoms with Crippen LogP contribution in [-0.2, 0) is 0 Å². The van der Waals surface area contributed by atoms with E-state index in [1.165, 1.54) is 25.2 Å². The number of halogens is 4. The minimum Gasteiger partial charge on any atom is -0.365 e. The topological polar surface area (TPSA) is 27.0 Å². The predicted molar refractivity (Wildman–Crippen MR) is 55.5 cm³/mol. The molecule has 1 aromatic carbocycles. The van der Waals surface area contributed by atoms with E-state index >= 15 is 0 Å². The van der Waals surface area contributed by atoms with Crippen molar-refractivity contribution in [2.75, 3.05) is 18.5 Å². The molecule has 0 fully saturated rings. The lowest BCUT2D eigenvalue weighted by molar-refractivity contribution is -0.119. The molecular weight excluding hydrogens is 241 g/mol. The van der Waals surface area contributed by atoms with Crippen LogP contribution in [0.25, 0.3) is 0 Å². The highest BCUT2D eigenvalue weighted by molar-refractivity contribution is 6.33. The second-order valence-corrected chi connectivity index (χ2v) is 3.66. The summed E-state index contributed by atoms with van der Waals surface area (Å²) < 4.78 is 36.4. The molecule has 6 heteroatoms. The van der Waals surface area contributed by atoms with Gasteiger partial charge >= 0.3 is 6.18 Å². The Hall–Kier alpha value is -1.41. The summed E-state index contributed by atoms with van der Waals surface area (Å²) in [5.74, 6) is 0. The third kappa shape index (κ3) is 3.31. The Kier molecular flexibility index (Phi) is 3.66. The molecule has 0 aliphatic heterocycles. The van der Waals surface area contributed by atoms with Gasteiger partial charge in [-0.05, 0) is 18.2 Å². The van der Waals surface area contributed by atoms with Gasteiger partial charge in [0.05, 0.1) is 22.3 Å². The Bertz CT molecular complexity index is 423. The third-order valence-corrected chi connectivity index (χ3v) is 2.21. The predicted octanol–water partition coefficient (Wildman–Crippen LogP) is 3.21. The van der Waals surface area contributed by atoms with Crippen LogP contribution >= 0.6 is 11.6 Å². The van der Waals surface area contributed by atoms with Crippen LogP contribution in [0.2, 0.25) is 5.02 Å². The Labute approximate surface area is 95.8 Å². The van der Waals surface area contributed by atoms with Gasteiger partial charge < -0.3 is 4.90 Å². The first kappa shape index (κ1) is 12.7. The Morgan fingerprint density at radius 1 is 1.44 bits per heavy atom. The molecule has 1 rings (SSSR count). The van der Waals surface area contributed by atoms with E-state index in [-0.39, 0.29) is 10.7 Å². The standard InChI is InChI=1S/C10H8ClF3N2/c1-16(6-10(12,13)14)9-3-2-7(5-15)4-8(9)11/h2-4H,6H2,1H3. The third-order valence-electron chi connectivity index (χ3n) is 1.90. The van der Waals surface area contributed by atoms with Gasteiger partial charge in [0.25, 0.3) is 0 Å². The van der Waals surface area contributed by atoms with Crippen LogP contribution in [0.3, 0.4) is 0 Å².